The van der Waals surface area contributed by atoms with Crippen molar-refractivity contribution in [1.82, 2.24) is 35.1 Å². The number of H-pyrrole nitrogens is 1. The zero-order chi connectivity index (χ0) is 25.9. The van der Waals surface area contributed by atoms with E-state index in [9.17, 15) is 0 Å². The molecule has 37 heavy (non-hydrogen) atoms. The van der Waals surface area contributed by atoms with Crippen LogP contribution in [-0.2, 0) is 4.74 Å². The highest BCUT2D eigenvalue weighted by atomic mass is 16.5. The Balaban J connectivity index is 1.41. The molecule has 0 spiro atoms. The van der Waals surface area contributed by atoms with Gasteiger partial charge in [0.05, 0.1) is 25.1 Å². The van der Waals surface area contributed by atoms with Gasteiger partial charge in [-0.05, 0) is 67.7 Å². The summed E-state index contributed by atoms with van der Waals surface area (Å²) in [6.07, 6.45) is 10.3. The van der Waals surface area contributed by atoms with Crippen LogP contribution in [0.1, 0.15) is 68.1 Å². The number of aromatic nitrogens is 6. The predicted molar refractivity (Wildman–Crippen MR) is 144 cm³/mol. The average molecular weight is 504 g/mol. The van der Waals surface area contributed by atoms with Gasteiger partial charge in [-0.3, -0.25) is 10.1 Å². The highest BCUT2D eigenvalue weighted by Gasteiger charge is 2.25. The molecule has 1 fully saturated rings. The summed E-state index contributed by atoms with van der Waals surface area (Å²) in [6.45, 7) is 8.26. The maximum atomic E-state index is 5.58. The van der Waals surface area contributed by atoms with Crippen molar-refractivity contribution in [3.8, 4) is 28.4 Å². The molecular weight excluding hydrogens is 466 g/mol. The van der Waals surface area contributed by atoms with Crippen molar-refractivity contribution in [2.24, 2.45) is 0 Å². The Labute approximate surface area is 218 Å². The number of methoxy groups -OCH3 is 2. The van der Waals surface area contributed by atoms with Crippen molar-refractivity contribution >= 4 is 5.65 Å². The largest absolute Gasteiger partial charge is 0.493 e. The first-order valence-electron chi connectivity index (χ1n) is 13.1. The van der Waals surface area contributed by atoms with Gasteiger partial charge in [-0.2, -0.15) is 10.2 Å². The number of hydrogen-bond acceptors (Lipinski definition) is 7. The quantitative estimate of drug-likeness (QED) is 0.314. The Morgan fingerprint density at radius 3 is 2.65 bits per heavy atom. The van der Waals surface area contributed by atoms with E-state index in [1.165, 1.54) is 43.1 Å². The van der Waals surface area contributed by atoms with Crippen LogP contribution in [0.15, 0.2) is 30.9 Å². The zero-order valence-electron chi connectivity index (χ0n) is 22.4. The molecule has 0 bridgehead atoms. The Hall–Kier alpha value is -3.30. The number of rotatable bonds is 9. The minimum Gasteiger partial charge on any atom is -0.493 e. The van der Waals surface area contributed by atoms with Gasteiger partial charge in [0.2, 0.25) is 0 Å². The molecule has 0 aromatic carbocycles. The molecule has 196 valence electrons. The Morgan fingerprint density at radius 2 is 1.95 bits per heavy atom. The molecule has 0 saturated heterocycles. The normalized spacial score (nSPS) is 18.1. The van der Waals surface area contributed by atoms with E-state index in [1.54, 1.807) is 18.7 Å². The van der Waals surface area contributed by atoms with E-state index in [-0.39, 0.29) is 5.92 Å². The lowest BCUT2D eigenvalue weighted by molar-refractivity contribution is 0.191. The Bertz CT molecular complexity index is 1350. The second kappa shape index (κ2) is 11.0. The van der Waals surface area contributed by atoms with Crippen LogP contribution in [0.25, 0.3) is 28.3 Å². The van der Waals surface area contributed by atoms with E-state index in [1.807, 2.05) is 12.3 Å². The summed E-state index contributed by atoms with van der Waals surface area (Å²) in [5, 5.41) is 16.0. The van der Waals surface area contributed by atoms with Crippen LogP contribution in [-0.4, -0.2) is 63.2 Å². The van der Waals surface area contributed by atoms with E-state index in [0.717, 1.165) is 41.4 Å². The summed E-state index contributed by atoms with van der Waals surface area (Å²) < 4.78 is 12.5. The van der Waals surface area contributed by atoms with Crippen LogP contribution in [0.5, 0.6) is 5.75 Å². The van der Waals surface area contributed by atoms with Gasteiger partial charge in [-0.15, -0.1) is 0 Å². The fourth-order valence-electron chi connectivity index (χ4n) is 5.61. The minimum absolute atomic E-state index is 0.240. The summed E-state index contributed by atoms with van der Waals surface area (Å²) in [4.78, 5) is 9.22. The van der Waals surface area contributed by atoms with Crippen molar-refractivity contribution in [1.29, 1.82) is 0 Å². The van der Waals surface area contributed by atoms with Crippen LogP contribution < -0.4 is 10.1 Å². The molecule has 9 nitrogen and oxygen atoms in total. The average Bonchev–Trinajstić information content (AvgIpc) is 3.56. The molecule has 0 amide bonds. The SMILES string of the molecule is COCCNC1CCC(c2cnc(-c3n[nH]c(-c4cc(OC)c5ncnn5c4)c3C(C)C)cc2C)CC1. The molecule has 1 aliphatic rings. The van der Waals surface area contributed by atoms with Crippen LogP contribution in [0.3, 0.4) is 0 Å². The van der Waals surface area contributed by atoms with Gasteiger partial charge in [0, 0.05) is 43.2 Å². The minimum atomic E-state index is 0.240. The Kier molecular flexibility index (Phi) is 7.53. The molecule has 1 saturated carbocycles. The van der Waals surface area contributed by atoms with Crippen molar-refractivity contribution in [3.63, 3.8) is 0 Å². The molecule has 2 N–H and O–H groups in total. The first-order valence-corrected chi connectivity index (χ1v) is 13.1. The summed E-state index contributed by atoms with van der Waals surface area (Å²) in [7, 11) is 3.40. The van der Waals surface area contributed by atoms with Crippen molar-refractivity contribution in [2.45, 2.75) is 64.3 Å². The number of nitrogens with zero attached hydrogens (tertiary/aromatic N) is 5. The highest BCUT2D eigenvalue weighted by Crippen LogP contribution is 2.39. The van der Waals surface area contributed by atoms with E-state index in [2.05, 4.69) is 53.5 Å². The van der Waals surface area contributed by atoms with Crippen LogP contribution in [0.4, 0.5) is 0 Å². The lowest BCUT2D eigenvalue weighted by Gasteiger charge is -2.30. The first kappa shape index (κ1) is 25.4. The Morgan fingerprint density at radius 1 is 1.14 bits per heavy atom. The molecule has 0 aliphatic heterocycles. The zero-order valence-corrected chi connectivity index (χ0v) is 22.4. The van der Waals surface area contributed by atoms with Crippen molar-refractivity contribution in [3.05, 3.63) is 47.5 Å². The molecule has 0 atom stereocenters. The highest BCUT2D eigenvalue weighted by molar-refractivity contribution is 5.75. The van der Waals surface area contributed by atoms with Crippen molar-refractivity contribution < 1.29 is 9.47 Å². The van der Waals surface area contributed by atoms with E-state index in [0.29, 0.717) is 23.4 Å². The van der Waals surface area contributed by atoms with E-state index < -0.39 is 0 Å². The van der Waals surface area contributed by atoms with Gasteiger partial charge in [0.15, 0.2) is 11.4 Å². The van der Waals surface area contributed by atoms with E-state index in [4.69, 9.17) is 19.6 Å². The van der Waals surface area contributed by atoms with Gasteiger partial charge in [-0.1, -0.05) is 13.8 Å². The molecule has 0 unspecified atom stereocenters. The van der Waals surface area contributed by atoms with Crippen LogP contribution in [0.2, 0.25) is 0 Å². The number of hydrogen-bond donors (Lipinski definition) is 2. The molecule has 1 aliphatic carbocycles. The lowest BCUT2D eigenvalue weighted by atomic mass is 9.80. The van der Waals surface area contributed by atoms with Gasteiger partial charge < -0.3 is 14.8 Å². The van der Waals surface area contributed by atoms with Crippen LogP contribution in [0, 0.1) is 6.92 Å². The summed E-state index contributed by atoms with van der Waals surface area (Å²) in [5.74, 6) is 1.47. The lowest BCUT2D eigenvalue weighted by Crippen LogP contribution is -2.34. The number of pyridine rings is 2. The van der Waals surface area contributed by atoms with Crippen LogP contribution >= 0.6 is 0 Å². The third kappa shape index (κ3) is 5.10. The third-order valence-electron chi connectivity index (χ3n) is 7.53. The molecular formula is C28H37N7O2. The van der Waals surface area contributed by atoms with Gasteiger partial charge in [-0.25, -0.2) is 9.50 Å². The number of aromatic amines is 1. The van der Waals surface area contributed by atoms with Gasteiger partial charge in [0.1, 0.15) is 12.0 Å². The molecule has 4 aromatic rings. The first-order chi connectivity index (χ1) is 18.0. The fraction of sp³-hybridized carbons (Fsp3) is 0.500. The number of nitrogens with one attached hydrogen (secondary N) is 2. The summed E-state index contributed by atoms with van der Waals surface area (Å²) in [6, 6.07) is 4.77. The second-order valence-electron chi connectivity index (χ2n) is 10.3. The molecule has 4 heterocycles. The standard InChI is InChI=1S/C28H37N7O2/c1-17(2)25-26(20-13-24(37-5)28-31-16-32-35(28)15-20)33-34-27(25)23-12-18(3)22(14-30-23)19-6-8-21(9-7-19)29-10-11-36-4/h12-17,19,21,29H,6-11H2,1-5H3,(H,33,34). The maximum Gasteiger partial charge on any atom is 0.197 e. The van der Waals surface area contributed by atoms with Crippen molar-refractivity contribution in [2.75, 3.05) is 27.4 Å². The second-order valence-corrected chi connectivity index (χ2v) is 10.3. The number of ether oxygens (including phenoxy) is 2. The maximum absolute atomic E-state index is 5.58. The fourth-order valence-corrected chi connectivity index (χ4v) is 5.61. The summed E-state index contributed by atoms with van der Waals surface area (Å²) >= 11 is 0. The molecule has 5 rings (SSSR count). The predicted octanol–water partition coefficient (Wildman–Crippen LogP) is 4.88. The number of aryl methyl sites for hydroxylation is 1. The topological polar surface area (TPSA) is 102 Å². The summed E-state index contributed by atoms with van der Waals surface area (Å²) in [5.41, 5.74) is 8.14. The van der Waals surface area contributed by atoms with E-state index >= 15 is 0 Å². The molecule has 0 radical (unpaired) electrons. The molecule has 9 heteroatoms. The monoisotopic (exact) mass is 503 g/mol. The number of fused-ring (bicyclic) bond motifs is 1. The smallest absolute Gasteiger partial charge is 0.197 e. The van der Waals surface area contributed by atoms with Gasteiger partial charge >= 0.3 is 0 Å². The third-order valence-corrected chi connectivity index (χ3v) is 7.53. The molecule has 4 aromatic heterocycles. The van der Waals surface area contributed by atoms with Gasteiger partial charge in [0.25, 0.3) is 0 Å².